The number of hydrogen-bond donors (Lipinski definition) is 2. The summed E-state index contributed by atoms with van der Waals surface area (Å²) >= 11 is 0. The van der Waals surface area contributed by atoms with Crippen molar-refractivity contribution in [3.8, 4) is 0 Å². The molecule has 1 aliphatic rings. The van der Waals surface area contributed by atoms with Gasteiger partial charge in [-0.25, -0.2) is 4.39 Å². The molecule has 0 aliphatic heterocycles. The molecule has 1 unspecified atom stereocenters. The average Bonchev–Trinajstić information content (AvgIpc) is 2.52. The Morgan fingerprint density at radius 1 is 1.50 bits per heavy atom. The van der Waals surface area contributed by atoms with Crippen LogP contribution >= 0.6 is 0 Å². The number of carboxylic acid groups (broad SMARTS) is 1. The zero-order valence-electron chi connectivity index (χ0n) is 8.34. The Morgan fingerprint density at radius 3 is 2.57 bits per heavy atom. The van der Waals surface area contributed by atoms with Crippen LogP contribution in [0.15, 0.2) is 0 Å². The van der Waals surface area contributed by atoms with E-state index in [1.807, 2.05) is 0 Å². The number of halogens is 1. The lowest BCUT2D eigenvalue weighted by atomic mass is 9.96. The van der Waals surface area contributed by atoms with Gasteiger partial charge in [0.1, 0.15) is 11.7 Å². The van der Waals surface area contributed by atoms with Crippen LogP contribution in [0.1, 0.15) is 44.9 Å². The van der Waals surface area contributed by atoms with Crippen molar-refractivity contribution in [1.82, 2.24) is 0 Å². The van der Waals surface area contributed by atoms with Crippen molar-refractivity contribution >= 4 is 5.97 Å². The summed E-state index contributed by atoms with van der Waals surface area (Å²) < 4.78 is 13.8. The first-order valence-corrected chi connectivity index (χ1v) is 5.21. The molecule has 14 heavy (non-hydrogen) atoms. The van der Waals surface area contributed by atoms with E-state index >= 15 is 0 Å². The Hall–Kier alpha value is -0.640. The maximum Gasteiger partial charge on any atom is 0.320 e. The van der Waals surface area contributed by atoms with Crippen molar-refractivity contribution in [2.45, 2.75) is 56.7 Å². The first-order valence-electron chi connectivity index (χ1n) is 5.21. The average molecular weight is 203 g/mol. The second kappa shape index (κ2) is 4.73. The van der Waals surface area contributed by atoms with Gasteiger partial charge in [-0.3, -0.25) is 4.79 Å². The number of carbonyl (C=O) groups is 1. The molecule has 82 valence electrons. The molecule has 1 rings (SSSR count). The molecule has 1 atom stereocenters. The molecule has 0 amide bonds. The summed E-state index contributed by atoms with van der Waals surface area (Å²) in [4.78, 5) is 10.4. The number of aliphatic carboxylic acids is 1. The Morgan fingerprint density at radius 2 is 2.07 bits per heavy atom. The lowest BCUT2D eigenvalue weighted by Gasteiger charge is -2.18. The molecule has 0 aromatic heterocycles. The summed E-state index contributed by atoms with van der Waals surface area (Å²) in [6.07, 6.45) is 4.60. The Bertz CT molecular complexity index is 202. The number of rotatable bonds is 5. The number of carboxylic acids is 1. The van der Waals surface area contributed by atoms with Crippen LogP contribution in [0.2, 0.25) is 0 Å². The van der Waals surface area contributed by atoms with E-state index in [2.05, 4.69) is 0 Å². The van der Waals surface area contributed by atoms with E-state index in [0.29, 0.717) is 32.1 Å². The van der Waals surface area contributed by atoms with Crippen LogP contribution in [0.3, 0.4) is 0 Å². The van der Waals surface area contributed by atoms with Gasteiger partial charge in [-0.2, -0.15) is 0 Å². The quantitative estimate of drug-likeness (QED) is 0.716. The monoisotopic (exact) mass is 203 g/mol. The Balaban J connectivity index is 2.17. The first kappa shape index (κ1) is 11.4. The number of alkyl halides is 1. The smallest absolute Gasteiger partial charge is 0.320 e. The van der Waals surface area contributed by atoms with E-state index in [4.69, 9.17) is 10.8 Å². The molecule has 0 aromatic rings. The van der Waals surface area contributed by atoms with Gasteiger partial charge in [0.15, 0.2) is 0 Å². The highest BCUT2D eigenvalue weighted by atomic mass is 19.1. The third-order valence-corrected chi connectivity index (χ3v) is 2.96. The molecule has 1 fully saturated rings. The normalized spacial score (nSPS) is 22.1. The molecule has 0 bridgehead atoms. The summed E-state index contributed by atoms with van der Waals surface area (Å²) in [5, 5.41) is 8.52. The third kappa shape index (κ3) is 3.25. The molecule has 0 spiro atoms. The molecule has 3 nitrogen and oxygen atoms in total. The molecule has 1 saturated carbocycles. The Labute approximate surface area is 83.5 Å². The SMILES string of the molecule is NC(CCCC1(F)CCCC1)C(=O)O. The lowest BCUT2D eigenvalue weighted by molar-refractivity contribution is -0.138. The topological polar surface area (TPSA) is 63.3 Å². The van der Waals surface area contributed by atoms with E-state index in [-0.39, 0.29) is 0 Å². The van der Waals surface area contributed by atoms with Crippen LogP contribution in [-0.2, 0) is 4.79 Å². The van der Waals surface area contributed by atoms with Crippen LogP contribution < -0.4 is 5.73 Å². The van der Waals surface area contributed by atoms with E-state index in [0.717, 1.165) is 12.8 Å². The first-order chi connectivity index (χ1) is 6.53. The minimum Gasteiger partial charge on any atom is -0.480 e. The predicted molar refractivity (Wildman–Crippen MR) is 51.8 cm³/mol. The van der Waals surface area contributed by atoms with Crippen molar-refractivity contribution in [3.63, 3.8) is 0 Å². The van der Waals surface area contributed by atoms with Gasteiger partial charge in [-0.05, 0) is 32.1 Å². The third-order valence-electron chi connectivity index (χ3n) is 2.96. The molecule has 0 saturated heterocycles. The second-order valence-corrected chi connectivity index (χ2v) is 4.19. The van der Waals surface area contributed by atoms with Gasteiger partial charge >= 0.3 is 5.97 Å². The van der Waals surface area contributed by atoms with Crippen molar-refractivity contribution in [2.75, 3.05) is 0 Å². The second-order valence-electron chi connectivity index (χ2n) is 4.19. The summed E-state index contributed by atoms with van der Waals surface area (Å²) in [6.45, 7) is 0. The minimum atomic E-state index is -1.03. The van der Waals surface area contributed by atoms with Crippen molar-refractivity contribution < 1.29 is 14.3 Å². The highest BCUT2D eigenvalue weighted by Gasteiger charge is 2.32. The maximum absolute atomic E-state index is 13.8. The fourth-order valence-electron chi connectivity index (χ4n) is 2.02. The highest BCUT2D eigenvalue weighted by Crippen LogP contribution is 2.37. The van der Waals surface area contributed by atoms with Crippen LogP contribution in [-0.4, -0.2) is 22.8 Å². The lowest BCUT2D eigenvalue weighted by Crippen LogP contribution is -2.30. The van der Waals surface area contributed by atoms with Crippen LogP contribution in [0.25, 0.3) is 0 Å². The molecule has 0 radical (unpaired) electrons. The van der Waals surface area contributed by atoms with Gasteiger partial charge in [-0.1, -0.05) is 12.8 Å². The number of hydrogen-bond acceptors (Lipinski definition) is 2. The fourth-order valence-corrected chi connectivity index (χ4v) is 2.02. The zero-order chi connectivity index (χ0) is 10.6. The molecule has 4 heteroatoms. The summed E-state index contributed by atoms with van der Waals surface area (Å²) in [5.74, 6) is -0.996. The van der Waals surface area contributed by atoms with Crippen molar-refractivity contribution in [3.05, 3.63) is 0 Å². The summed E-state index contributed by atoms with van der Waals surface area (Å²) in [7, 11) is 0. The van der Waals surface area contributed by atoms with E-state index in [1.165, 1.54) is 0 Å². The van der Waals surface area contributed by atoms with Crippen LogP contribution in [0.4, 0.5) is 4.39 Å². The van der Waals surface area contributed by atoms with Crippen molar-refractivity contribution in [2.24, 2.45) is 5.73 Å². The molecule has 0 heterocycles. The largest absolute Gasteiger partial charge is 0.480 e. The summed E-state index contributed by atoms with van der Waals surface area (Å²) in [5.41, 5.74) is 4.29. The van der Waals surface area contributed by atoms with E-state index < -0.39 is 17.7 Å². The molecular weight excluding hydrogens is 185 g/mol. The van der Waals surface area contributed by atoms with Crippen molar-refractivity contribution in [1.29, 1.82) is 0 Å². The molecular formula is C10H18FNO2. The van der Waals surface area contributed by atoms with Gasteiger partial charge in [0.05, 0.1) is 0 Å². The van der Waals surface area contributed by atoms with Crippen LogP contribution in [0.5, 0.6) is 0 Å². The van der Waals surface area contributed by atoms with E-state index in [1.54, 1.807) is 0 Å². The predicted octanol–water partition coefficient (Wildman–Crippen LogP) is 1.85. The van der Waals surface area contributed by atoms with Crippen LogP contribution in [0, 0.1) is 0 Å². The fraction of sp³-hybridized carbons (Fsp3) is 0.900. The molecule has 1 aliphatic carbocycles. The molecule has 0 aromatic carbocycles. The van der Waals surface area contributed by atoms with E-state index in [9.17, 15) is 9.18 Å². The molecule has 3 N–H and O–H groups in total. The van der Waals surface area contributed by atoms with Gasteiger partial charge in [-0.15, -0.1) is 0 Å². The van der Waals surface area contributed by atoms with Gasteiger partial charge in [0.25, 0.3) is 0 Å². The Kier molecular flexibility index (Phi) is 3.86. The maximum atomic E-state index is 13.8. The van der Waals surface area contributed by atoms with Gasteiger partial charge in [0, 0.05) is 0 Å². The number of nitrogens with two attached hydrogens (primary N) is 1. The summed E-state index contributed by atoms with van der Waals surface area (Å²) in [6, 6.07) is -0.833. The van der Waals surface area contributed by atoms with Gasteiger partial charge in [0.2, 0.25) is 0 Å². The minimum absolute atomic E-state index is 0.376. The highest BCUT2D eigenvalue weighted by molar-refractivity contribution is 5.72. The zero-order valence-corrected chi connectivity index (χ0v) is 8.34. The standard InChI is InChI=1S/C10H18FNO2/c11-10(5-1-2-6-10)7-3-4-8(12)9(13)14/h8H,1-7,12H2,(H,13,14). The van der Waals surface area contributed by atoms with Gasteiger partial charge < -0.3 is 10.8 Å².